The summed E-state index contributed by atoms with van der Waals surface area (Å²) in [4.78, 5) is 17.9. The van der Waals surface area contributed by atoms with Gasteiger partial charge in [0.05, 0.1) is 11.6 Å². The average molecular weight is 372 g/mol. The predicted molar refractivity (Wildman–Crippen MR) is 92.0 cm³/mol. The summed E-state index contributed by atoms with van der Waals surface area (Å²) in [5.74, 6) is -0.597. The van der Waals surface area contributed by atoms with E-state index < -0.39 is 11.6 Å². The van der Waals surface area contributed by atoms with E-state index in [4.69, 9.17) is 32.8 Å². The minimum absolute atomic E-state index is 0.0454. The van der Waals surface area contributed by atoms with Crippen LogP contribution in [0.1, 0.15) is 30.9 Å². The molecule has 0 saturated carbocycles. The van der Waals surface area contributed by atoms with Crippen LogP contribution in [0.5, 0.6) is 0 Å². The van der Waals surface area contributed by atoms with Crippen LogP contribution in [0.3, 0.4) is 0 Å². The number of aliphatic hydroxyl groups excluding tert-OH is 1. The predicted octanol–water partition coefficient (Wildman–Crippen LogP) is 3.91. The molecule has 0 aliphatic carbocycles. The molecule has 1 spiro atoms. The second-order valence-corrected chi connectivity index (χ2v) is 6.88. The Morgan fingerprint density at radius 1 is 1.33 bits per heavy atom. The van der Waals surface area contributed by atoms with Gasteiger partial charge in [-0.05, 0) is 31.5 Å². The van der Waals surface area contributed by atoms with E-state index in [1.54, 1.807) is 19.1 Å². The van der Waals surface area contributed by atoms with E-state index in [2.05, 4.69) is 0 Å². The summed E-state index contributed by atoms with van der Waals surface area (Å²) in [5.41, 5.74) is 0.344. The summed E-state index contributed by atoms with van der Waals surface area (Å²) in [6.45, 7) is 5.45. The number of hydroxylamine groups is 2. The van der Waals surface area contributed by atoms with Crippen LogP contribution in [0.15, 0.2) is 17.9 Å². The molecule has 1 N–H and O–H groups in total. The molecule has 0 unspecified atom stereocenters. The maximum atomic E-state index is 12.5. The van der Waals surface area contributed by atoms with Gasteiger partial charge >= 0.3 is 5.97 Å². The van der Waals surface area contributed by atoms with Crippen molar-refractivity contribution in [3.8, 4) is 0 Å². The van der Waals surface area contributed by atoms with E-state index in [9.17, 15) is 9.90 Å². The Morgan fingerprint density at radius 2 is 2.00 bits per heavy atom. The number of hydrogen-bond donors (Lipinski definition) is 1. The molecule has 7 heteroatoms. The van der Waals surface area contributed by atoms with Gasteiger partial charge in [-0.1, -0.05) is 23.2 Å². The van der Waals surface area contributed by atoms with Crippen molar-refractivity contribution in [2.45, 2.75) is 32.3 Å². The van der Waals surface area contributed by atoms with Crippen molar-refractivity contribution in [2.75, 3.05) is 19.7 Å². The van der Waals surface area contributed by atoms with E-state index in [0.29, 0.717) is 48.1 Å². The lowest BCUT2D eigenvalue weighted by molar-refractivity contribution is -0.195. The van der Waals surface area contributed by atoms with E-state index >= 15 is 0 Å². The minimum Gasteiger partial charge on any atom is -0.507 e. The van der Waals surface area contributed by atoms with Crippen molar-refractivity contribution < 1.29 is 19.5 Å². The van der Waals surface area contributed by atoms with Gasteiger partial charge in [0.15, 0.2) is 11.4 Å². The van der Waals surface area contributed by atoms with E-state index in [0.717, 1.165) is 5.56 Å². The van der Waals surface area contributed by atoms with Crippen LogP contribution in [0, 0.1) is 6.92 Å². The fourth-order valence-corrected chi connectivity index (χ4v) is 4.03. The fraction of sp³-hybridized carbons (Fsp3) is 0.471. The Morgan fingerprint density at radius 3 is 2.58 bits per heavy atom. The number of carbonyl (C=O) groups is 1. The zero-order valence-electron chi connectivity index (χ0n) is 13.6. The molecule has 1 aromatic carbocycles. The summed E-state index contributed by atoms with van der Waals surface area (Å²) < 4.78 is 5.60. The van der Waals surface area contributed by atoms with Crippen molar-refractivity contribution in [1.82, 2.24) is 5.06 Å². The van der Waals surface area contributed by atoms with E-state index in [1.807, 2.05) is 12.0 Å². The molecule has 5 nitrogen and oxygen atoms in total. The third-order valence-electron chi connectivity index (χ3n) is 4.50. The molecule has 0 bridgehead atoms. The van der Waals surface area contributed by atoms with Gasteiger partial charge in [0, 0.05) is 36.5 Å². The van der Waals surface area contributed by atoms with Crippen LogP contribution < -0.4 is 0 Å². The first kappa shape index (κ1) is 17.5. The number of esters is 1. The largest absolute Gasteiger partial charge is 0.507 e. The van der Waals surface area contributed by atoms with Crippen molar-refractivity contribution >= 4 is 34.7 Å². The molecule has 0 radical (unpaired) electrons. The second kappa shape index (κ2) is 6.56. The molecule has 0 aromatic heterocycles. The van der Waals surface area contributed by atoms with Crippen LogP contribution in [-0.2, 0) is 14.4 Å². The first-order chi connectivity index (χ1) is 11.4. The molecule has 1 aromatic rings. The van der Waals surface area contributed by atoms with Crippen molar-refractivity contribution in [3.63, 3.8) is 0 Å². The van der Waals surface area contributed by atoms with Crippen molar-refractivity contribution in [1.29, 1.82) is 0 Å². The number of piperidine rings is 1. The van der Waals surface area contributed by atoms with Gasteiger partial charge in [0.1, 0.15) is 5.57 Å². The number of nitrogens with zero attached hydrogens (tertiary/aromatic N) is 1. The number of benzene rings is 1. The minimum atomic E-state index is -0.991. The number of aryl methyl sites for hydroxylation is 1. The maximum absolute atomic E-state index is 12.5. The molecule has 1 saturated heterocycles. The fourth-order valence-electron chi connectivity index (χ4n) is 3.34. The van der Waals surface area contributed by atoms with Crippen LogP contribution in [0.25, 0.3) is 5.57 Å². The van der Waals surface area contributed by atoms with Gasteiger partial charge in [-0.2, -0.15) is 5.06 Å². The monoisotopic (exact) mass is 371 g/mol. The Balaban J connectivity index is 1.98. The van der Waals surface area contributed by atoms with E-state index in [1.165, 1.54) is 0 Å². The summed E-state index contributed by atoms with van der Waals surface area (Å²) in [6.07, 6.45) is 0.941. The van der Waals surface area contributed by atoms with Crippen LogP contribution in [0.4, 0.5) is 0 Å². The summed E-state index contributed by atoms with van der Waals surface area (Å²) >= 11 is 12.3. The summed E-state index contributed by atoms with van der Waals surface area (Å²) in [5, 5.41) is 13.4. The highest BCUT2D eigenvalue weighted by Gasteiger charge is 2.51. The Bertz CT molecular complexity index is 686. The number of ether oxygens (including phenoxy) is 1. The molecule has 1 fully saturated rings. The number of hydrogen-bond acceptors (Lipinski definition) is 5. The number of carbonyl (C=O) groups excluding carboxylic acids is 1. The molecule has 24 heavy (non-hydrogen) atoms. The number of halogens is 2. The molecule has 2 heterocycles. The molecule has 3 rings (SSSR count). The van der Waals surface area contributed by atoms with Gasteiger partial charge in [-0.25, -0.2) is 4.79 Å². The number of rotatable bonds is 3. The zero-order valence-corrected chi connectivity index (χ0v) is 15.1. The first-order valence-corrected chi connectivity index (χ1v) is 8.64. The second-order valence-electron chi connectivity index (χ2n) is 6.03. The van der Waals surface area contributed by atoms with Crippen LogP contribution >= 0.6 is 23.2 Å². The topological polar surface area (TPSA) is 59.0 Å². The molecular formula is C17H19Cl2NO4. The molecule has 0 amide bonds. The van der Waals surface area contributed by atoms with E-state index in [-0.39, 0.29) is 11.3 Å². The SMILES string of the molecule is CCON1CCC2(CC1)OC(=O)C(c1c(C)cc(Cl)cc1Cl)=C2O. The maximum Gasteiger partial charge on any atom is 0.343 e. The van der Waals surface area contributed by atoms with Crippen molar-refractivity contribution in [2.24, 2.45) is 0 Å². The quantitative estimate of drug-likeness (QED) is 0.816. The highest BCUT2D eigenvalue weighted by atomic mass is 35.5. The standard InChI is InChI=1S/C17H19Cl2NO4/c1-3-23-20-6-4-17(5-7-20)15(21)14(16(22)24-17)13-10(2)8-11(18)9-12(13)19/h8-9,21H,3-7H2,1-2H3. The highest BCUT2D eigenvalue weighted by molar-refractivity contribution is 6.37. The molecule has 130 valence electrons. The van der Waals surface area contributed by atoms with Gasteiger partial charge in [0.25, 0.3) is 0 Å². The molecular weight excluding hydrogens is 353 g/mol. The molecule has 2 aliphatic heterocycles. The van der Waals surface area contributed by atoms with Crippen LogP contribution in [0.2, 0.25) is 10.0 Å². The van der Waals surface area contributed by atoms with Gasteiger partial charge in [-0.15, -0.1) is 0 Å². The lowest BCUT2D eigenvalue weighted by Gasteiger charge is -2.37. The Hall–Kier alpha value is -1.27. The lowest BCUT2D eigenvalue weighted by Crippen LogP contribution is -2.45. The summed E-state index contributed by atoms with van der Waals surface area (Å²) in [7, 11) is 0. The third-order valence-corrected chi connectivity index (χ3v) is 5.02. The average Bonchev–Trinajstić information content (AvgIpc) is 2.74. The molecule has 2 aliphatic rings. The van der Waals surface area contributed by atoms with Crippen LogP contribution in [-0.4, -0.2) is 41.4 Å². The smallest absolute Gasteiger partial charge is 0.343 e. The summed E-state index contributed by atoms with van der Waals surface area (Å²) in [6, 6.07) is 3.26. The van der Waals surface area contributed by atoms with Crippen molar-refractivity contribution in [3.05, 3.63) is 39.1 Å². The zero-order chi connectivity index (χ0) is 17.5. The van der Waals surface area contributed by atoms with Gasteiger partial charge in [-0.3, -0.25) is 4.84 Å². The Kier molecular flexibility index (Phi) is 4.80. The Labute approximate surface area is 150 Å². The normalized spacial score (nSPS) is 20.8. The third kappa shape index (κ3) is 2.90. The lowest BCUT2D eigenvalue weighted by atomic mass is 9.87. The highest BCUT2D eigenvalue weighted by Crippen LogP contribution is 2.45. The first-order valence-electron chi connectivity index (χ1n) is 7.89. The molecule has 0 atom stereocenters. The number of aliphatic hydroxyl groups is 1. The van der Waals surface area contributed by atoms with Gasteiger partial charge < -0.3 is 9.84 Å². The van der Waals surface area contributed by atoms with Gasteiger partial charge in [0.2, 0.25) is 0 Å².